The number of phenolic OH excluding ortho intramolecular Hbond substituents is 1. The summed E-state index contributed by atoms with van der Waals surface area (Å²) < 4.78 is 57.9. The lowest BCUT2D eigenvalue weighted by molar-refractivity contribution is -0.366. The molecule has 4 heterocycles. The van der Waals surface area contributed by atoms with Gasteiger partial charge < -0.3 is 57.6 Å². The van der Waals surface area contributed by atoms with Crippen LogP contribution >= 0.6 is 0 Å². The highest BCUT2D eigenvalue weighted by Crippen LogP contribution is 2.57. The van der Waals surface area contributed by atoms with E-state index in [-0.39, 0.29) is 37.3 Å². The van der Waals surface area contributed by atoms with Crippen molar-refractivity contribution in [3.05, 3.63) is 41.0 Å². The molecule has 13 heteroatoms. The quantitative estimate of drug-likeness (QED) is 0.465. The third-order valence-corrected chi connectivity index (χ3v) is 8.99. The molecule has 43 heavy (non-hydrogen) atoms. The second-order valence-corrected chi connectivity index (χ2v) is 11.2. The number of methoxy groups -OCH3 is 3. The van der Waals surface area contributed by atoms with E-state index in [1.165, 1.54) is 21.3 Å². The molecule has 3 saturated heterocycles. The average Bonchev–Trinajstić information content (AvgIpc) is 3.63. The van der Waals surface area contributed by atoms with Gasteiger partial charge in [0.1, 0.15) is 24.4 Å². The predicted molar refractivity (Wildman–Crippen MR) is 143 cm³/mol. The van der Waals surface area contributed by atoms with Crippen molar-refractivity contribution in [3.63, 3.8) is 0 Å². The number of cyclic esters (lactones) is 1. The van der Waals surface area contributed by atoms with E-state index in [0.29, 0.717) is 17.1 Å². The smallest absolute Gasteiger partial charge is 0.310 e. The maximum atomic E-state index is 13.5. The van der Waals surface area contributed by atoms with E-state index in [9.17, 15) is 15.0 Å². The van der Waals surface area contributed by atoms with E-state index in [2.05, 4.69) is 0 Å². The summed E-state index contributed by atoms with van der Waals surface area (Å²) in [6, 6.07) is 7.04. The summed E-state index contributed by atoms with van der Waals surface area (Å²) in [5.41, 5.74) is 2.12. The number of aliphatic hydroxyl groups is 1. The molecule has 0 amide bonds. The minimum absolute atomic E-state index is 0.0473. The van der Waals surface area contributed by atoms with Gasteiger partial charge in [-0.3, -0.25) is 4.79 Å². The highest BCUT2D eigenvalue weighted by molar-refractivity contribution is 5.79. The third-order valence-electron chi connectivity index (χ3n) is 8.99. The van der Waals surface area contributed by atoms with Crippen LogP contribution in [0.3, 0.4) is 0 Å². The van der Waals surface area contributed by atoms with Crippen LogP contribution < -0.4 is 18.9 Å². The Morgan fingerprint density at radius 3 is 2.28 bits per heavy atom. The van der Waals surface area contributed by atoms with Gasteiger partial charge in [0.05, 0.1) is 39.5 Å². The fraction of sp³-hybridized carbons (Fsp3) is 0.567. The van der Waals surface area contributed by atoms with E-state index in [0.717, 1.165) is 11.1 Å². The lowest BCUT2D eigenvalue weighted by atomic mass is 9.66. The molecule has 3 fully saturated rings. The molecule has 5 aliphatic rings. The number of ether oxygens (including phenoxy) is 10. The molecule has 7 rings (SSSR count). The van der Waals surface area contributed by atoms with Crippen LogP contribution in [-0.2, 0) is 33.2 Å². The Bertz CT molecular complexity index is 1370. The van der Waals surface area contributed by atoms with Crippen molar-refractivity contribution >= 4 is 5.97 Å². The molecule has 0 saturated carbocycles. The highest BCUT2D eigenvalue weighted by Gasteiger charge is 2.56. The number of esters is 1. The SMILES string of the molecule is COc1cc([C@@H]2c3cc4c(cc3[C@@H](OC3O[C@@H]5CO[C@@H](C)O[C@H]5[C@H](OC)[C@H]3O)[C@H]3COC(=O)[C@H]23)OCO4)cc(OC)c1O. The van der Waals surface area contributed by atoms with Crippen molar-refractivity contribution in [1.82, 2.24) is 0 Å². The number of aliphatic hydroxyl groups excluding tert-OH is 1. The Morgan fingerprint density at radius 1 is 0.907 bits per heavy atom. The molecule has 10 atom stereocenters. The molecule has 0 radical (unpaired) electrons. The lowest BCUT2D eigenvalue weighted by Gasteiger charge is -2.48. The van der Waals surface area contributed by atoms with Crippen LogP contribution in [0.25, 0.3) is 0 Å². The normalized spacial score (nSPS) is 35.9. The third kappa shape index (κ3) is 4.57. The molecule has 13 nitrogen and oxygen atoms in total. The highest BCUT2D eigenvalue weighted by atomic mass is 16.8. The Kier molecular flexibility index (Phi) is 7.27. The van der Waals surface area contributed by atoms with Crippen molar-refractivity contribution in [2.24, 2.45) is 11.8 Å². The molecule has 2 aromatic rings. The van der Waals surface area contributed by atoms with E-state index in [1.54, 1.807) is 19.1 Å². The molecule has 0 bridgehead atoms. The Morgan fingerprint density at radius 2 is 1.60 bits per heavy atom. The second kappa shape index (κ2) is 11.0. The second-order valence-electron chi connectivity index (χ2n) is 11.2. The number of hydrogen-bond acceptors (Lipinski definition) is 13. The molecule has 1 aliphatic carbocycles. The minimum Gasteiger partial charge on any atom is -0.502 e. The van der Waals surface area contributed by atoms with Crippen molar-refractivity contribution in [1.29, 1.82) is 0 Å². The number of carbonyl (C=O) groups excluding carboxylic acids is 1. The summed E-state index contributed by atoms with van der Waals surface area (Å²) in [4.78, 5) is 13.5. The standard InChI is InChI=1S/C30H34O13/c1-12-37-10-21-27(41-12)28(36-4)25(32)30(42-21)43-26-15-8-18-17(39-11-40-18)7-14(15)22(23-16(26)9-38-29(23)33)13-5-19(34-2)24(31)20(6-13)35-3/h5-8,12,16,21-23,25-28,30-32H,9-11H2,1-4H3/t12-,16+,21-,22-,23+,25-,26-,27-,28-,30?/m1/s1. The number of fused-ring (bicyclic) bond motifs is 4. The van der Waals surface area contributed by atoms with Gasteiger partial charge in [0.15, 0.2) is 35.6 Å². The Labute approximate surface area is 247 Å². The zero-order valence-corrected chi connectivity index (χ0v) is 24.1. The van der Waals surface area contributed by atoms with Crippen LogP contribution in [-0.4, -0.2) is 94.5 Å². The monoisotopic (exact) mass is 602 g/mol. The van der Waals surface area contributed by atoms with Gasteiger partial charge in [0.25, 0.3) is 0 Å². The van der Waals surface area contributed by atoms with Crippen molar-refractivity contribution in [2.75, 3.05) is 41.3 Å². The zero-order valence-electron chi connectivity index (χ0n) is 24.1. The first-order valence-electron chi connectivity index (χ1n) is 14.2. The number of hydrogen-bond donors (Lipinski definition) is 2. The van der Waals surface area contributed by atoms with Gasteiger partial charge in [-0.2, -0.15) is 0 Å². The first-order chi connectivity index (χ1) is 20.8. The van der Waals surface area contributed by atoms with E-state index < -0.39 is 66.8 Å². The topological polar surface area (TPSA) is 150 Å². The molecular weight excluding hydrogens is 568 g/mol. The van der Waals surface area contributed by atoms with E-state index >= 15 is 0 Å². The first-order valence-corrected chi connectivity index (χ1v) is 14.2. The molecule has 232 valence electrons. The summed E-state index contributed by atoms with van der Waals surface area (Å²) >= 11 is 0. The summed E-state index contributed by atoms with van der Waals surface area (Å²) in [6.07, 6.45) is -5.38. The summed E-state index contributed by atoms with van der Waals surface area (Å²) in [6.45, 7) is 2.13. The van der Waals surface area contributed by atoms with Crippen molar-refractivity contribution < 1.29 is 62.4 Å². The maximum absolute atomic E-state index is 13.5. The predicted octanol–water partition coefficient (Wildman–Crippen LogP) is 1.99. The molecule has 2 N–H and O–H groups in total. The number of phenols is 1. The van der Waals surface area contributed by atoms with Crippen LogP contribution in [0.5, 0.6) is 28.7 Å². The maximum Gasteiger partial charge on any atom is 0.310 e. The molecule has 0 aromatic heterocycles. The molecule has 1 unspecified atom stereocenters. The van der Waals surface area contributed by atoms with Crippen LogP contribution in [0.4, 0.5) is 0 Å². The van der Waals surface area contributed by atoms with E-state index in [1.807, 2.05) is 12.1 Å². The fourth-order valence-corrected chi connectivity index (χ4v) is 6.99. The minimum atomic E-state index is -1.20. The van der Waals surface area contributed by atoms with Gasteiger partial charge in [-0.05, 0) is 47.9 Å². The van der Waals surface area contributed by atoms with Crippen molar-refractivity contribution in [3.8, 4) is 28.7 Å². The molecular formula is C30H34O13. The van der Waals surface area contributed by atoms with Gasteiger partial charge in [-0.1, -0.05) is 0 Å². The number of benzene rings is 2. The van der Waals surface area contributed by atoms with Crippen LogP contribution in [0.2, 0.25) is 0 Å². The van der Waals surface area contributed by atoms with E-state index in [4.69, 9.17) is 47.4 Å². The lowest BCUT2D eigenvalue weighted by Crippen LogP contribution is -2.63. The Balaban J connectivity index is 1.32. The van der Waals surface area contributed by atoms with Gasteiger partial charge in [-0.15, -0.1) is 0 Å². The number of carbonyl (C=O) groups is 1. The van der Waals surface area contributed by atoms with Gasteiger partial charge >= 0.3 is 5.97 Å². The summed E-state index contributed by atoms with van der Waals surface area (Å²) in [7, 11) is 4.38. The fourth-order valence-electron chi connectivity index (χ4n) is 6.99. The number of rotatable bonds is 6. The largest absolute Gasteiger partial charge is 0.502 e. The average molecular weight is 603 g/mol. The summed E-state index contributed by atoms with van der Waals surface area (Å²) in [5.74, 6) is -0.808. The summed E-state index contributed by atoms with van der Waals surface area (Å²) in [5, 5.41) is 22.0. The van der Waals surface area contributed by atoms with Crippen LogP contribution in [0, 0.1) is 11.8 Å². The first kappa shape index (κ1) is 28.4. The van der Waals surface area contributed by atoms with Crippen molar-refractivity contribution in [2.45, 2.75) is 55.9 Å². The zero-order chi connectivity index (χ0) is 30.0. The van der Waals surface area contributed by atoms with Gasteiger partial charge in [0.2, 0.25) is 12.5 Å². The molecule has 2 aromatic carbocycles. The number of aromatic hydroxyl groups is 1. The van der Waals surface area contributed by atoms with Crippen LogP contribution in [0.1, 0.15) is 35.6 Å². The molecule has 4 aliphatic heterocycles. The van der Waals surface area contributed by atoms with Crippen LogP contribution in [0.15, 0.2) is 24.3 Å². The molecule has 0 spiro atoms. The van der Waals surface area contributed by atoms with Gasteiger partial charge in [0, 0.05) is 18.9 Å². The Hall–Kier alpha value is -3.33. The van der Waals surface area contributed by atoms with Gasteiger partial charge in [-0.25, -0.2) is 0 Å².